The molecule has 31 heavy (non-hydrogen) atoms. The molecule has 0 saturated carbocycles. The quantitative estimate of drug-likeness (QED) is 0.762. The predicted molar refractivity (Wildman–Crippen MR) is 115 cm³/mol. The largest absolute Gasteiger partial charge is 0.348 e. The summed E-state index contributed by atoms with van der Waals surface area (Å²) in [5.74, 6) is -0.498. The Morgan fingerprint density at radius 2 is 1.74 bits per heavy atom. The molecule has 2 aromatic rings. The van der Waals surface area contributed by atoms with Gasteiger partial charge in [0.1, 0.15) is 11.5 Å². The van der Waals surface area contributed by atoms with Crippen molar-refractivity contribution in [3.63, 3.8) is 0 Å². The van der Waals surface area contributed by atoms with Gasteiger partial charge in [0.25, 0.3) is 11.8 Å². The number of nitrogens with zero attached hydrogens (tertiary/aromatic N) is 3. The Kier molecular flexibility index (Phi) is 6.89. The van der Waals surface area contributed by atoms with Crippen LogP contribution in [0.4, 0.5) is 4.39 Å². The van der Waals surface area contributed by atoms with Gasteiger partial charge in [-0.1, -0.05) is 12.1 Å². The molecule has 8 heteroatoms. The van der Waals surface area contributed by atoms with E-state index in [1.54, 1.807) is 24.3 Å². The zero-order valence-corrected chi connectivity index (χ0v) is 17.5. The Bertz CT molecular complexity index is 889. The number of rotatable bonds is 5. The molecule has 2 amide bonds. The second-order valence-electron chi connectivity index (χ2n) is 8.12. The summed E-state index contributed by atoms with van der Waals surface area (Å²) in [5.41, 5.74) is 1.88. The lowest BCUT2D eigenvalue weighted by molar-refractivity contribution is 0.0627. The summed E-state index contributed by atoms with van der Waals surface area (Å²) in [5, 5.41) is 6.28. The Hall–Kier alpha value is -2.84. The molecule has 0 radical (unpaired) electrons. The first kappa shape index (κ1) is 21.4. The van der Waals surface area contributed by atoms with Crippen LogP contribution in [0.15, 0.2) is 42.6 Å². The molecule has 2 saturated heterocycles. The van der Waals surface area contributed by atoms with E-state index in [1.165, 1.54) is 18.3 Å². The third-order valence-corrected chi connectivity index (χ3v) is 5.90. The number of carbonyl (C=O) groups excluding carboxylic acids is 2. The highest BCUT2D eigenvalue weighted by molar-refractivity contribution is 5.96. The molecule has 2 N–H and O–H groups in total. The average molecular weight is 426 g/mol. The van der Waals surface area contributed by atoms with Gasteiger partial charge in [0.2, 0.25) is 0 Å². The van der Waals surface area contributed by atoms with Crippen molar-refractivity contribution in [1.82, 2.24) is 25.4 Å². The van der Waals surface area contributed by atoms with E-state index in [9.17, 15) is 14.0 Å². The number of hydrogen-bond donors (Lipinski definition) is 2. The minimum absolute atomic E-state index is 0.0701. The Morgan fingerprint density at radius 1 is 1.03 bits per heavy atom. The zero-order valence-electron chi connectivity index (χ0n) is 17.5. The number of nitrogens with one attached hydrogen (secondary N) is 2. The van der Waals surface area contributed by atoms with Gasteiger partial charge in [-0.25, -0.2) is 4.39 Å². The lowest BCUT2D eigenvalue weighted by Gasteiger charge is -2.34. The van der Waals surface area contributed by atoms with Crippen LogP contribution in [-0.2, 0) is 6.54 Å². The van der Waals surface area contributed by atoms with Crippen molar-refractivity contribution in [2.24, 2.45) is 0 Å². The van der Waals surface area contributed by atoms with Crippen LogP contribution in [0.3, 0.4) is 0 Å². The molecule has 1 aromatic carbocycles. The van der Waals surface area contributed by atoms with E-state index in [2.05, 4.69) is 20.5 Å². The predicted octanol–water partition coefficient (Wildman–Crippen LogP) is 1.66. The van der Waals surface area contributed by atoms with Crippen molar-refractivity contribution in [1.29, 1.82) is 0 Å². The Labute approximate surface area is 181 Å². The fourth-order valence-corrected chi connectivity index (χ4v) is 4.02. The van der Waals surface area contributed by atoms with Crippen LogP contribution in [0, 0.1) is 5.82 Å². The van der Waals surface area contributed by atoms with Crippen molar-refractivity contribution in [3.05, 3.63) is 65.2 Å². The van der Waals surface area contributed by atoms with Gasteiger partial charge in [-0.3, -0.25) is 19.5 Å². The van der Waals surface area contributed by atoms with Gasteiger partial charge in [0, 0.05) is 45.0 Å². The molecule has 1 aromatic heterocycles. The summed E-state index contributed by atoms with van der Waals surface area (Å²) in [6, 6.07) is 9.99. The van der Waals surface area contributed by atoms with E-state index in [-0.39, 0.29) is 23.7 Å². The number of aromatic nitrogens is 1. The first-order chi connectivity index (χ1) is 15.1. The van der Waals surface area contributed by atoms with Crippen molar-refractivity contribution in [3.8, 4) is 0 Å². The van der Waals surface area contributed by atoms with E-state index >= 15 is 0 Å². The summed E-state index contributed by atoms with van der Waals surface area (Å²) in [6.45, 7) is 5.31. The SMILES string of the molecule is O=C(NC1CCNCC1)c1ccc(C(=O)N2CCN(Cc3ccc(F)cc3)CC2)cn1. The highest BCUT2D eigenvalue weighted by Gasteiger charge is 2.23. The number of pyridine rings is 1. The van der Waals surface area contributed by atoms with Crippen LogP contribution < -0.4 is 10.6 Å². The second kappa shape index (κ2) is 9.98. The summed E-state index contributed by atoms with van der Waals surface area (Å²) in [4.78, 5) is 33.5. The average Bonchev–Trinajstić information content (AvgIpc) is 2.81. The van der Waals surface area contributed by atoms with Crippen molar-refractivity contribution in [2.45, 2.75) is 25.4 Å². The topological polar surface area (TPSA) is 77.6 Å². The highest BCUT2D eigenvalue weighted by atomic mass is 19.1. The fraction of sp³-hybridized carbons (Fsp3) is 0.435. The standard InChI is InChI=1S/C23H28FN5O2/c24-19-4-1-17(2-5-19)16-28-11-13-29(14-12-28)23(31)18-3-6-21(26-15-18)22(30)27-20-7-9-25-10-8-20/h1-6,15,20,25H,7-14,16H2,(H,27,30). The molecule has 0 aliphatic carbocycles. The number of hydrogen-bond acceptors (Lipinski definition) is 5. The third-order valence-electron chi connectivity index (χ3n) is 5.90. The number of carbonyl (C=O) groups is 2. The Morgan fingerprint density at radius 3 is 2.39 bits per heavy atom. The zero-order chi connectivity index (χ0) is 21.6. The second-order valence-corrected chi connectivity index (χ2v) is 8.12. The molecule has 2 aliphatic heterocycles. The van der Waals surface area contributed by atoms with Crippen LogP contribution >= 0.6 is 0 Å². The number of benzene rings is 1. The molecule has 0 spiro atoms. The number of piperazine rings is 1. The summed E-state index contributed by atoms with van der Waals surface area (Å²) < 4.78 is 13.1. The molecule has 7 nitrogen and oxygen atoms in total. The van der Waals surface area contributed by atoms with Gasteiger partial charge >= 0.3 is 0 Å². The van der Waals surface area contributed by atoms with Crippen molar-refractivity contribution in [2.75, 3.05) is 39.3 Å². The summed E-state index contributed by atoms with van der Waals surface area (Å²) in [6.07, 6.45) is 3.31. The van der Waals surface area contributed by atoms with Crippen LogP contribution in [0.2, 0.25) is 0 Å². The van der Waals surface area contributed by atoms with Crippen LogP contribution in [0.1, 0.15) is 39.3 Å². The number of halogens is 1. The molecular formula is C23H28FN5O2. The molecule has 4 rings (SSSR count). The van der Waals surface area contributed by atoms with E-state index < -0.39 is 0 Å². The normalized spacial score (nSPS) is 18.0. The molecule has 0 bridgehead atoms. The van der Waals surface area contributed by atoms with E-state index in [4.69, 9.17) is 0 Å². The van der Waals surface area contributed by atoms with Crippen LogP contribution in [-0.4, -0.2) is 71.9 Å². The maximum atomic E-state index is 13.1. The maximum Gasteiger partial charge on any atom is 0.270 e. The van der Waals surface area contributed by atoms with E-state index in [1.807, 2.05) is 4.90 Å². The molecule has 2 fully saturated rings. The van der Waals surface area contributed by atoms with Gasteiger partial charge in [0.15, 0.2) is 0 Å². The van der Waals surface area contributed by atoms with Gasteiger partial charge in [-0.15, -0.1) is 0 Å². The molecular weight excluding hydrogens is 397 g/mol. The van der Waals surface area contributed by atoms with Crippen molar-refractivity contribution >= 4 is 11.8 Å². The number of piperidine rings is 1. The number of amides is 2. The van der Waals surface area contributed by atoms with Gasteiger partial charge in [-0.2, -0.15) is 0 Å². The Balaban J connectivity index is 1.27. The summed E-state index contributed by atoms with van der Waals surface area (Å²) >= 11 is 0. The van der Waals surface area contributed by atoms with Gasteiger partial charge in [-0.05, 0) is 55.8 Å². The molecule has 164 valence electrons. The molecule has 2 aliphatic rings. The maximum absolute atomic E-state index is 13.1. The minimum Gasteiger partial charge on any atom is -0.348 e. The first-order valence-electron chi connectivity index (χ1n) is 10.8. The monoisotopic (exact) mass is 425 g/mol. The molecule has 0 atom stereocenters. The smallest absolute Gasteiger partial charge is 0.270 e. The lowest BCUT2D eigenvalue weighted by atomic mass is 10.1. The lowest BCUT2D eigenvalue weighted by Crippen LogP contribution is -2.48. The summed E-state index contributed by atoms with van der Waals surface area (Å²) in [7, 11) is 0. The fourth-order valence-electron chi connectivity index (χ4n) is 4.02. The van der Waals surface area contributed by atoms with Crippen LogP contribution in [0.5, 0.6) is 0 Å². The van der Waals surface area contributed by atoms with E-state index in [0.717, 1.165) is 51.1 Å². The molecule has 0 unspecified atom stereocenters. The third kappa shape index (κ3) is 5.65. The minimum atomic E-state index is -0.234. The van der Waals surface area contributed by atoms with Gasteiger partial charge in [0.05, 0.1) is 5.56 Å². The first-order valence-corrected chi connectivity index (χ1v) is 10.8. The van der Waals surface area contributed by atoms with E-state index in [0.29, 0.717) is 24.3 Å². The highest BCUT2D eigenvalue weighted by Crippen LogP contribution is 2.13. The molecule has 3 heterocycles. The van der Waals surface area contributed by atoms with Crippen molar-refractivity contribution < 1.29 is 14.0 Å². The van der Waals surface area contributed by atoms with Crippen LogP contribution in [0.25, 0.3) is 0 Å². The van der Waals surface area contributed by atoms with Gasteiger partial charge < -0.3 is 15.5 Å².